The average molecular weight is 390 g/mol. The van der Waals surface area contributed by atoms with Gasteiger partial charge in [0.15, 0.2) is 0 Å². The van der Waals surface area contributed by atoms with E-state index in [1.165, 1.54) is 24.1 Å². The zero-order valence-corrected chi connectivity index (χ0v) is 16.2. The number of amides is 3. The zero-order valence-electron chi connectivity index (χ0n) is 16.2. The van der Waals surface area contributed by atoms with Crippen LogP contribution < -0.4 is 10.6 Å². The third-order valence-corrected chi connectivity index (χ3v) is 4.69. The number of aliphatic carboxylic acids is 1. The minimum atomic E-state index is -1.05. The van der Waals surface area contributed by atoms with Gasteiger partial charge in [-0.3, -0.25) is 19.4 Å². The third-order valence-electron chi connectivity index (χ3n) is 4.69. The van der Waals surface area contributed by atoms with E-state index in [1.54, 1.807) is 26.0 Å². The Kier molecular flexibility index (Phi) is 7.08. The molecule has 2 heterocycles. The molecule has 0 aromatic carbocycles. The Hall–Kier alpha value is -2.97. The monoisotopic (exact) mass is 390 g/mol. The first kappa shape index (κ1) is 21.3. The highest BCUT2D eigenvalue weighted by molar-refractivity contribution is 5.97. The summed E-state index contributed by atoms with van der Waals surface area (Å²) in [6.45, 7) is 5.40. The second-order valence-corrected chi connectivity index (χ2v) is 7.17. The van der Waals surface area contributed by atoms with Crippen LogP contribution in [-0.4, -0.2) is 63.4 Å². The molecule has 3 atom stereocenters. The van der Waals surface area contributed by atoms with Crippen LogP contribution in [0.3, 0.4) is 0 Å². The maximum Gasteiger partial charge on any atom is 0.326 e. The molecule has 2 rings (SSSR count). The quantitative estimate of drug-likeness (QED) is 0.619. The molecule has 1 saturated heterocycles. The number of carboxylic acid groups (broad SMARTS) is 1. The molecule has 1 fully saturated rings. The molecule has 0 saturated carbocycles. The second-order valence-electron chi connectivity index (χ2n) is 7.17. The van der Waals surface area contributed by atoms with Crippen LogP contribution in [0.25, 0.3) is 0 Å². The molecule has 3 amide bonds. The van der Waals surface area contributed by atoms with E-state index >= 15 is 0 Å². The standard InChI is InChI=1S/C19H26N4O5/c1-11(2)15(18(26)23-10-6-8-14(23)19(27)28)22-16(24)12(3)21-17(25)13-7-4-5-9-20-13/h4-5,7,9,11-12,14-15H,6,8,10H2,1-3H3,(H,21,25)(H,22,24)(H,27,28)/t12-,14-,15-/m0/s1. The molecule has 0 bridgehead atoms. The summed E-state index contributed by atoms with van der Waals surface area (Å²) in [5, 5.41) is 14.5. The summed E-state index contributed by atoms with van der Waals surface area (Å²) in [6.07, 6.45) is 2.48. The zero-order chi connectivity index (χ0) is 20.8. The number of hydrogen-bond acceptors (Lipinski definition) is 5. The van der Waals surface area contributed by atoms with Crippen molar-refractivity contribution in [3.05, 3.63) is 30.1 Å². The van der Waals surface area contributed by atoms with Crippen molar-refractivity contribution in [1.29, 1.82) is 0 Å². The fraction of sp³-hybridized carbons (Fsp3) is 0.526. The second kappa shape index (κ2) is 9.29. The lowest BCUT2D eigenvalue weighted by molar-refractivity contribution is -0.150. The maximum atomic E-state index is 12.9. The van der Waals surface area contributed by atoms with E-state index in [4.69, 9.17) is 0 Å². The summed E-state index contributed by atoms with van der Waals surface area (Å²) in [5.74, 6) is -2.74. The largest absolute Gasteiger partial charge is 0.480 e. The molecule has 0 unspecified atom stereocenters. The van der Waals surface area contributed by atoms with Gasteiger partial charge in [-0.25, -0.2) is 4.79 Å². The number of aromatic nitrogens is 1. The van der Waals surface area contributed by atoms with E-state index in [-0.39, 0.29) is 11.6 Å². The number of nitrogens with one attached hydrogen (secondary N) is 2. The van der Waals surface area contributed by atoms with E-state index in [0.717, 1.165) is 0 Å². The van der Waals surface area contributed by atoms with E-state index < -0.39 is 41.8 Å². The van der Waals surface area contributed by atoms with Crippen molar-refractivity contribution in [2.45, 2.75) is 51.7 Å². The summed E-state index contributed by atoms with van der Waals surface area (Å²) in [5.41, 5.74) is 0.181. The summed E-state index contributed by atoms with van der Waals surface area (Å²) in [7, 11) is 0. The van der Waals surface area contributed by atoms with Gasteiger partial charge < -0.3 is 20.6 Å². The summed E-state index contributed by atoms with van der Waals surface area (Å²) < 4.78 is 0. The van der Waals surface area contributed by atoms with Crippen molar-refractivity contribution in [2.24, 2.45) is 5.92 Å². The van der Waals surface area contributed by atoms with Crippen molar-refractivity contribution in [2.75, 3.05) is 6.54 Å². The molecule has 3 N–H and O–H groups in total. The number of likely N-dealkylation sites (tertiary alicyclic amines) is 1. The normalized spacial score (nSPS) is 18.4. The van der Waals surface area contributed by atoms with Crippen molar-refractivity contribution >= 4 is 23.7 Å². The average Bonchev–Trinajstić information content (AvgIpc) is 3.15. The van der Waals surface area contributed by atoms with E-state index in [9.17, 15) is 24.3 Å². The van der Waals surface area contributed by atoms with Gasteiger partial charge >= 0.3 is 5.97 Å². The summed E-state index contributed by atoms with van der Waals surface area (Å²) >= 11 is 0. The van der Waals surface area contributed by atoms with Crippen molar-refractivity contribution in [3.8, 4) is 0 Å². The minimum Gasteiger partial charge on any atom is -0.480 e. The van der Waals surface area contributed by atoms with Crippen molar-refractivity contribution in [1.82, 2.24) is 20.5 Å². The maximum absolute atomic E-state index is 12.9. The van der Waals surface area contributed by atoms with Gasteiger partial charge in [-0.1, -0.05) is 19.9 Å². The lowest BCUT2D eigenvalue weighted by Gasteiger charge is -2.30. The fourth-order valence-corrected chi connectivity index (χ4v) is 3.09. The van der Waals surface area contributed by atoms with E-state index in [0.29, 0.717) is 19.4 Å². The van der Waals surface area contributed by atoms with Crippen molar-refractivity contribution < 1.29 is 24.3 Å². The highest BCUT2D eigenvalue weighted by atomic mass is 16.4. The smallest absolute Gasteiger partial charge is 0.326 e. The van der Waals surface area contributed by atoms with E-state index in [2.05, 4.69) is 15.6 Å². The van der Waals surface area contributed by atoms with Gasteiger partial charge in [0.05, 0.1) is 0 Å². The van der Waals surface area contributed by atoms with E-state index in [1.807, 2.05) is 0 Å². The summed E-state index contributed by atoms with van der Waals surface area (Å²) in [4.78, 5) is 54.1. The number of carbonyl (C=O) groups is 4. The molecule has 1 aliphatic heterocycles. The first-order chi connectivity index (χ1) is 13.2. The van der Waals surface area contributed by atoms with Crippen LogP contribution in [0.2, 0.25) is 0 Å². The van der Waals surface area contributed by atoms with Gasteiger partial charge in [0, 0.05) is 12.7 Å². The molecule has 9 heteroatoms. The highest BCUT2D eigenvalue weighted by Gasteiger charge is 2.39. The topological polar surface area (TPSA) is 129 Å². The molecule has 0 aliphatic carbocycles. The Balaban J connectivity index is 2.02. The molecule has 0 radical (unpaired) electrons. The molecular weight excluding hydrogens is 364 g/mol. The molecule has 1 aromatic rings. The SMILES string of the molecule is CC(C)[C@H](NC(=O)[C@H](C)NC(=O)c1ccccn1)C(=O)N1CCC[C@H]1C(=O)O. The number of pyridine rings is 1. The number of carboxylic acids is 1. The lowest BCUT2D eigenvalue weighted by atomic mass is 10.0. The molecule has 152 valence electrons. The first-order valence-electron chi connectivity index (χ1n) is 9.28. The van der Waals surface area contributed by atoms with Crippen LogP contribution in [-0.2, 0) is 14.4 Å². The minimum absolute atomic E-state index is 0.181. The van der Waals surface area contributed by atoms with Crippen LogP contribution in [0.1, 0.15) is 44.1 Å². The predicted octanol–water partition coefficient (Wildman–Crippen LogP) is 0.416. The first-order valence-corrected chi connectivity index (χ1v) is 9.28. The highest BCUT2D eigenvalue weighted by Crippen LogP contribution is 2.20. The molecule has 1 aromatic heterocycles. The van der Waals surface area contributed by atoms with Crippen LogP contribution in [0, 0.1) is 5.92 Å². The van der Waals surface area contributed by atoms with Crippen LogP contribution >= 0.6 is 0 Å². The fourth-order valence-electron chi connectivity index (χ4n) is 3.09. The molecule has 0 spiro atoms. The van der Waals surface area contributed by atoms with Crippen molar-refractivity contribution in [3.63, 3.8) is 0 Å². The molecule has 9 nitrogen and oxygen atoms in total. The number of nitrogens with zero attached hydrogens (tertiary/aromatic N) is 2. The van der Waals surface area contributed by atoms with Gasteiger partial charge in [0.25, 0.3) is 5.91 Å². The Morgan fingerprint density at radius 1 is 1.18 bits per heavy atom. The van der Waals surface area contributed by atoms with Crippen LogP contribution in [0.5, 0.6) is 0 Å². The Labute approximate surface area is 163 Å². The van der Waals surface area contributed by atoms with Crippen LogP contribution in [0.4, 0.5) is 0 Å². The molecule has 28 heavy (non-hydrogen) atoms. The van der Waals surface area contributed by atoms with Crippen LogP contribution in [0.15, 0.2) is 24.4 Å². The number of hydrogen-bond donors (Lipinski definition) is 3. The third kappa shape index (κ3) is 5.05. The Bertz CT molecular complexity index is 737. The Morgan fingerprint density at radius 3 is 2.46 bits per heavy atom. The van der Waals surface area contributed by atoms with Gasteiger partial charge in [0.1, 0.15) is 23.8 Å². The summed E-state index contributed by atoms with van der Waals surface area (Å²) in [6, 6.07) is 2.23. The van der Waals surface area contributed by atoms with Gasteiger partial charge in [-0.15, -0.1) is 0 Å². The Morgan fingerprint density at radius 2 is 1.89 bits per heavy atom. The molecular formula is C19H26N4O5. The predicted molar refractivity (Wildman–Crippen MR) is 100 cm³/mol. The lowest BCUT2D eigenvalue weighted by Crippen LogP contribution is -2.57. The number of rotatable bonds is 7. The van der Waals surface area contributed by atoms with Gasteiger partial charge in [0.2, 0.25) is 11.8 Å². The van der Waals surface area contributed by atoms with Gasteiger partial charge in [-0.2, -0.15) is 0 Å². The number of carbonyl (C=O) groups excluding carboxylic acids is 3. The molecule has 1 aliphatic rings. The van der Waals surface area contributed by atoms with Gasteiger partial charge in [-0.05, 0) is 37.8 Å².